The van der Waals surface area contributed by atoms with Crippen molar-refractivity contribution in [3.63, 3.8) is 0 Å². The maximum absolute atomic E-state index is 13.0. The van der Waals surface area contributed by atoms with Crippen LogP contribution in [-0.4, -0.2) is 40.1 Å². The third kappa shape index (κ3) is 3.65. The smallest absolute Gasteiger partial charge is 0.269 e. The van der Waals surface area contributed by atoms with Gasteiger partial charge in [0.15, 0.2) is 0 Å². The molecule has 1 aromatic heterocycles. The first-order valence-corrected chi connectivity index (χ1v) is 8.49. The van der Waals surface area contributed by atoms with Crippen LogP contribution in [0.4, 0.5) is 0 Å². The fourth-order valence-electron chi connectivity index (χ4n) is 3.16. The highest BCUT2D eigenvalue weighted by Gasteiger charge is 2.30. The van der Waals surface area contributed by atoms with E-state index < -0.39 is 5.91 Å². The Kier molecular flexibility index (Phi) is 5.02. The van der Waals surface area contributed by atoms with Crippen molar-refractivity contribution in [2.75, 3.05) is 13.2 Å². The minimum absolute atomic E-state index is 0.0389. The number of nitrogens with one attached hydrogen (secondary N) is 1. The van der Waals surface area contributed by atoms with E-state index in [9.17, 15) is 9.59 Å². The number of nitrogens with two attached hydrogens (primary N) is 1. The van der Waals surface area contributed by atoms with Gasteiger partial charge in [-0.15, -0.1) is 0 Å². The number of piperidine rings is 1. The molecule has 0 aliphatic carbocycles. The molecule has 1 fully saturated rings. The van der Waals surface area contributed by atoms with Gasteiger partial charge in [0.1, 0.15) is 11.4 Å². The van der Waals surface area contributed by atoms with Crippen molar-refractivity contribution in [3.8, 4) is 5.75 Å². The number of benzene rings is 1. The Labute approximate surface area is 146 Å². The Morgan fingerprint density at radius 3 is 2.72 bits per heavy atom. The molecule has 0 bridgehead atoms. The molecule has 2 heterocycles. The molecule has 2 aromatic rings. The summed E-state index contributed by atoms with van der Waals surface area (Å²) in [5, 5.41) is 6.79. The van der Waals surface area contributed by atoms with Gasteiger partial charge in [-0.05, 0) is 56.5 Å². The van der Waals surface area contributed by atoms with Crippen molar-refractivity contribution in [2.45, 2.75) is 32.2 Å². The second kappa shape index (κ2) is 7.38. The van der Waals surface area contributed by atoms with E-state index in [-0.39, 0.29) is 17.6 Å². The van der Waals surface area contributed by atoms with Crippen LogP contribution in [-0.2, 0) is 0 Å². The number of aromatic nitrogens is 2. The number of ether oxygens (including phenoxy) is 1. The number of nitrogens with zero attached hydrogens (tertiary/aromatic N) is 2. The molecule has 0 radical (unpaired) electrons. The fraction of sp³-hybridized carbons (Fsp3) is 0.389. The third-order valence-electron chi connectivity index (χ3n) is 4.39. The second-order valence-electron chi connectivity index (χ2n) is 6.04. The first-order valence-electron chi connectivity index (χ1n) is 8.49. The normalized spacial score (nSPS) is 17.3. The standard InChI is InChI=1S/C18H22N4O3/c1-2-25-13-8-6-12(7-9-13)18(24)22-10-4-3-5-16(22)14-11-15(17(19)23)21-20-14/h6-9,11,16H,2-5,10H2,1H3,(H2,19,23)(H,20,21). The summed E-state index contributed by atoms with van der Waals surface area (Å²) in [6.07, 6.45) is 2.79. The van der Waals surface area contributed by atoms with Crippen LogP contribution >= 0.6 is 0 Å². The van der Waals surface area contributed by atoms with Crippen molar-refractivity contribution in [2.24, 2.45) is 5.73 Å². The van der Waals surface area contributed by atoms with Gasteiger partial charge in [-0.25, -0.2) is 0 Å². The molecule has 3 rings (SSSR count). The number of carbonyl (C=O) groups is 2. The molecule has 132 valence electrons. The molecule has 1 atom stereocenters. The van der Waals surface area contributed by atoms with Crippen molar-refractivity contribution in [1.82, 2.24) is 15.1 Å². The quantitative estimate of drug-likeness (QED) is 0.870. The number of aromatic amines is 1. The van der Waals surface area contributed by atoms with Gasteiger partial charge in [0.05, 0.1) is 18.3 Å². The van der Waals surface area contributed by atoms with E-state index in [0.29, 0.717) is 18.7 Å². The van der Waals surface area contributed by atoms with E-state index in [1.54, 1.807) is 30.3 Å². The lowest BCUT2D eigenvalue weighted by molar-refractivity contribution is 0.0606. The SMILES string of the molecule is CCOc1ccc(C(=O)N2CCCCC2c2cc(C(N)=O)n[nH]2)cc1. The maximum Gasteiger partial charge on any atom is 0.269 e. The lowest BCUT2D eigenvalue weighted by Crippen LogP contribution is -2.38. The molecule has 1 saturated heterocycles. The van der Waals surface area contributed by atoms with Crippen LogP contribution in [0.5, 0.6) is 5.75 Å². The maximum atomic E-state index is 13.0. The molecule has 1 aliphatic rings. The monoisotopic (exact) mass is 342 g/mol. The molecule has 0 saturated carbocycles. The predicted octanol–water partition coefficient (Wildman–Crippen LogP) is 2.27. The Balaban J connectivity index is 1.81. The van der Waals surface area contributed by atoms with E-state index in [2.05, 4.69) is 10.2 Å². The van der Waals surface area contributed by atoms with Gasteiger partial charge in [-0.1, -0.05) is 0 Å². The molecule has 1 aliphatic heterocycles. The Hall–Kier alpha value is -2.83. The molecule has 1 unspecified atom stereocenters. The summed E-state index contributed by atoms with van der Waals surface area (Å²) in [5.74, 6) is 0.125. The van der Waals surface area contributed by atoms with Crippen molar-refractivity contribution < 1.29 is 14.3 Å². The average Bonchev–Trinajstić information content (AvgIpc) is 3.12. The molecule has 1 aromatic carbocycles. The van der Waals surface area contributed by atoms with E-state index in [1.165, 1.54) is 0 Å². The number of amides is 2. The number of primary amides is 1. The van der Waals surface area contributed by atoms with Crippen molar-refractivity contribution in [3.05, 3.63) is 47.3 Å². The summed E-state index contributed by atoms with van der Waals surface area (Å²) in [6.45, 7) is 3.17. The average molecular weight is 342 g/mol. The largest absolute Gasteiger partial charge is 0.494 e. The van der Waals surface area contributed by atoms with E-state index in [1.807, 2.05) is 11.8 Å². The number of hydrogen-bond acceptors (Lipinski definition) is 4. The number of hydrogen-bond donors (Lipinski definition) is 2. The van der Waals surface area contributed by atoms with Crippen LogP contribution in [0.25, 0.3) is 0 Å². The summed E-state index contributed by atoms with van der Waals surface area (Å²) in [6, 6.07) is 8.67. The first kappa shape index (κ1) is 17.0. The summed E-state index contributed by atoms with van der Waals surface area (Å²) in [5.41, 5.74) is 6.82. The lowest BCUT2D eigenvalue weighted by atomic mass is 9.98. The minimum Gasteiger partial charge on any atom is -0.494 e. The summed E-state index contributed by atoms with van der Waals surface area (Å²) < 4.78 is 5.42. The minimum atomic E-state index is -0.581. The number of likely N-dealkylation sites (tertiary alicyclic amines) is 1. The van der Waals surface area contributed by atoms with Crippen LogP contribution in [0.15, 0.2) is 30.3 Å². The molecule has 0 spiro atoms. The molecule has 7 nitrogen and oxygen atoms in total. The highest BCUT2D eigenvalue weighted by atomic mass is 16.5. The van der Waals surface area contributed by atoms with Gasteiger partial charge >= 0.3 is 0 Å². The zero-order chi connectivity index (χ0) is 17.8. The van der Waals surface area contributed by atoms with Gasteiger partial charge in [0.2, 0.25) is 0 Å². The van der Waals surface area contributed by atoms with E-state index in [0.717, 1.165) is 30.7 Å². The molecule has 3 N–H and O–H groups in total. The van der Waals surface area contributed by atoms with Gasteiger partial charge < -0.3 is 15.4 Å². The molecule has 2 amide bonds. The van der Waals surface area contributed by atoms with Gasteiger partial charge in [0.25, 0.3) is 11.8 Å². The highest BCUT2D eigenvalue weighted by molar-refractivity contribution is 5.95. The van der Waals surface area contributed by atoms with Gasteiger partial charge in [-0.3, -0.25) is 14.7 Å². The first-order chi connectivity index (χ1) is 12.1. The molecule has 25 heavy (non-hydrogen) atoms. The number of H-pyrrole nitrogens is 1. The molecular weight excluding hydrogens is 320 g/mol. The van der Waals surface area contributed by atoms with Crippen molar-refractivity contribution >= 4 is 11.8 Å². The summed E-state index contributed by atoms with van der Waals surface area (Å²) in [4.78, 5) is 26.0. The Morgan fingerprint density at radius 1 is 1.32 bits per heavy atom. The zero-order valence-electron chi connectivity index (χ0n) is 14.2. The number of rotatable bonds is 5. The van der Waals surface area contributed by atoms with E-state index >= 15 is 0 Å². The predicted molar refractivity (Wildman–Crippen MR) is 92.3 cm³/mol. The third-order valence-corrected chi connectivity index (χ3v) is 4.39. The van der Waals surface area contributed by atoms with Gasteiger partial charge in [0, 0.05) is 12.1 Å². The summed E-state index contributed by atoms with van der Waals surface area (Å²) >= 11 is 0. The van der Waals surface area contributed by atoms with Crippen LogP contribution in [0.3, 0.4) is 0 Å². The fourth-order valence-corrected chi connectivity index (χ4v) is 3.16. The van der Waals surface area contributed by atoms with Gasteiger partial charge in [-0.2, -0.15) is 5.10 Å². The van der Waals surface area contributed by atoms with Crippen LogP contribution in [0.1, 0.15) is 58.8 Å². The van der Waals surface area contributed by atoms with Crippen molar-refractivity contribution in [1.29, 1.82) is 0 Å². The van der Waals surface area contributed by atoms with Crippen LogP contribution in [0, 0.1) is 0 Å². The molecule has 7 heteroatoms. The van der Waals surface area contributed by atoms with Crippen LogP contribution < -0.4 is 10.5 Å². The Morgan fingerprint density at radius 2 is 2.08 bits per heavy atom. The zero-order valence-corrected chi connectivity index (χ0v) is 14.2. The second-order valence-corrected chi connectivity index (χ2v) is 6.04. The summed E-state index contributed by atoms with van der Waals surface area (Å²) in [7, 11) is 0. The number of carbonyl (C=O) groups excluding carboxylic acids is 2. The van der Waals surface area contributed by atoms with Crippen LogP contribution in [0.2, 0.25) is 0 Å². The topological polar surface area (TPSA) is 101 Å². The molecular formula is C18H22N4O3. The lowest BCUT2D eigenvalue weighted by Gasteiger charge is -2.35. The highest BCUT2D eigenvalue weighted by Crippen LogP contribution is 2.31. The Bertz CT molecular complexity index is 754. The van der Waals surface area contributed by atoms with E-state index in [4.69, 9.17) is 10.5 Å².